The normalized spacial score (nSPS) is 23.5. The van der Waals surface area contributed by atoms with Gasteiger partial charge in [0.15, 0.2) is 0 Å². The molecule has 1 aliphatic rings. The molecule has 27 heavy (non-hydrogen) atoms. The van der Waals surface area contributed by atoms with Crippen molar-refractivity contribution in [3.05, 3.63) is 46.1 Å². The van der Waals surface area contributed by atoms with Crippen molar-refractivity contribution in [3.63, 3.8) is 0 Å². The number of aromatic nitrogens is 2. The van der Waals surface area contributed by atoms with E-state index in [2.05, 4.69) is 10.2 Å². The van der Waals surface area contributed by atoms with Crippen molar-refractivity contribution in [1.82, 2.24) is 19.7 Å². The van der Waals surface area contributed by atoms with Gasteiger partial charge in [-0.15, -0.1) is 5.10 Å². The number of hydrogen-bond donors (Lipinski definition) is 0. The molecule has 7 nitrogen and oxygen atoms in total. The lowest BCUT2D eigenvalue weighted by Crippen LogP contribution is -2.50. The van der Waals surface area contributed by atoms with E-state index in [1.807, 2.05) is 6.92 Å². The topological polar surface area (TPSA) is 78.4 Å². The number of quaternary nitrogens is 1. The highest BCUT2D eigenvalue weighted by Gasteiger charge is 2.48. The van der Waals surface area contributed by atoms with Gasteiger partial charge in [-0.05, 0) is 29.9 Å². The predicted octanol–water partition coefficient (Wildman–Crippen LogP) is 3.23. The van der Waals surface area contributed by atoms with Crippen LogP contribution in [0.3, 0.4) is 0 Å². The summed E-state index contributed by atoms with van der Waals surface area (Å²) in [6.45, 7) is 2.41. The van der Waals surface area contributed by atoms with E-state index in [0.717, 1.165) is 6.42 Å². The first-order chi connectivity index (χ1) is 12.7. The molecule has 2 aromatic rings. The third-order valence-corrected chi connectivity index (χ3v) is 5.14. The van der Waals surface area contributed by atoms with Crippen LogP contribution in [0.25, 0.3) is 0 Å². The Hall–Kier alpha value is -2.08. The molecule has 0 saturated carbocycles. The molecule has 2 heterocycles. The lowest BCUT2D eigenvalue weighted by Gasteiger charge is -2.38. The van der Waals surface area contributed by atoms with Crippen LogP contribution in [0, 0.1) is 5.21 Å². The SMILES string of the molecule is CCCN1CC(OC(=O)c2ccccc2)[N+]([O-])(c2nnc(C(F)(F)F)s2)C1. The molecule has 1 saturated heterocycles. The van der Waals surface area contributed by atoms with E-state index in [9.17, 15) is 23.2 Å². The number of carbonyl (C=O) groups is 1. The second-order valence-corrected chi connectivity index (χ2v) is 7.08. The Morgan fingerprint density at radius 1 is 1.37 bits per heavy atom. The van der Waals surface area contributed by atoms with E-state index >= 15 is 0 Å². The fraction of sp³-hybridized carbons (Fsp3) is 0.438. The van der Waals surface area contributed by atoms with Gasteiger partial charge in [0.2, 0.25) is 5.01 Å². The van der Waals surface area contributed by atoms with Crippen molar-refractivity contribution < 1.29 is 22.7 Å². The molecule has 11 heteroatoms. The maximum absolute atomic E-state index is 13.4. The maximum atomic E-state index is 13.4. The van der Waals surface area contributed by atoms with E-state index in [-0.39, 0.29) is 35.2 Å². The molecule has 1 aromatic carbocycles. The molecule has 0 radical (unpaired) electrons. The molecule has 3 rings (SSSR count). The van der Waals surface area contributed by atoms with Crippen molar-refractivity contribution in [2.24, 2.45) is 0 Å². The van der Waals surface area contributed by atoms with Crippen LogP contribution in [0.1, 0.15) is 28.7 Å². The number of hydroxylamine groups is 2. The summed E-state index contributed by atoms with van der Waals surface area (Å²) >= 11 is 0.177. The Kier molecular flexibility index (Phi) is 5.47. The summed E-state index contributed by atoms with van der Waals surface area (Å²) in [4.78, 5) is 14.1. The van der Waals surface area contributed by atoms with E-state index in [0.29, 0.717) is 6.54 Å². The lowest BCUT2D eigenvalue weighted by atomic mass is 10.2. The van der Waals surface area contributed by atoms with Gasteiger partial charge in [-0.2, -0.15) is 13.2 Å². The first-order valence-corrected chi connectivity index (χ1v) is 9.04. The largest absolute Gasteiger partial charge is 0.622 e. The lowest BCUT2D eigenvalue weighted by molar-refractivity contribution is -0.138. The van der Waals surface area contributed by atoms with Crippen LogP contribution in [-0.4, -0.2) is 47.1 Å². The minimum atomic E-state index is -4.69. The molecule has 0 N–H and O–H groups in total. The minimum absolute atomic E-state index is 0.108. The Morgan fingerprint density at radius 3 is 2.67 bits per heavy atom. The quantitative estimate of drug-likeness (QED) is 0.434. The molecular weight excluding hydrogens is 385 g/mol. The fourth-order valence-corrected chi connectivity index (χ4v) is 3.61. The van der Waals surface area contributed by atoms with Crippen LogP contribution in [0.2, 0.25) is 0 Å². The Labute approximate surface area is 157 Å². The molecule has 1 fully saturated rings. The molecule has 2 unspecified atom stereocenters. The van der Waals surface area contributed by atoms with Gasteiger partial charge < -0.3 is 9.94 Å². The third kappa shape index (κ3) is 4.10. The zero-order valence-electron chi connectivity index (χ0n) is 14.3. The van der Waals surface area contributed by atoms with Crippen molar-refractivity contribution in [1.29, 1.82) is 0 Å². The number of esters is 1. The summed E-state index contributed by atoms with van der Waals surface area (Å²) in [6, 6.07) is 8.09. The van der Waals surface area contributed by atoms with Gasteiger partial charge in [-0.1, -0.05) is 30.2 Å². The van der Waals surface area contributed by atoms with Gasteiger partial charge in [0.05, 0.1) is 12.1 Å². The van der Waals surface area contributed by atoms with E-state index in [1.54, 1.807) is 23.1 Å². The highest BCUT2D eigenvalue weighted by atomic mass is 32.1. The molecule has 0 spiro atoms. The Bertz CT molecular complexity index is 802. The molecule has 146 valence electrons. The average Bonchev–Trinajstić information content (AvgIpc) is 3.23. The number of halogens is 3. The van der Waals surface area contributed by atoms with E-state index < -0.39 is 28.0 Å². The highest BCUT2D eigenvalue weighted by molar-refractivity contribution is 7.15. The zero-order valence-corrected chi connectivity index (χ0v) is 15.2. The van der Waals surface area contributed by atoms with Gasteiger partial charge in [-0.25, -0.2) is 9.69 Å². The summed E-state index contributed by atoms with van der Waals surface area (Å²) in [5.41, 5.74) is 0.256. The van der Waals surface area contributed by atoms with Crippen molar-refractivity contribution in [3.8, 4) is 0 Å². The van der Waals surface area contributed by atoms with Gasteiger partial charge in [-0.3, -0.25) is 4.65 Å². The number of hydrogen-bond acceptors (Lipinski definition) is 7. The fourth-order valence-electron chi connectivity index (χ4n) is 2.83. The average molecular weight is 402 g/mol. The smallest absolute Gasteiger partial charge is 0.445 e. The summed E-state index contributed by atoms with van der Waals surface area (Å²) in [5, 5.41) is 18.3. The summed E-state index contributed by atoms with van der Waals surface area (Å²) in [5.74, 6) is -0.710. The standard InChI is InChI=1S/C16H17F3N4O3S/c1-2-8-22-9-12(26-13(24)11-6-4-3-5-7-11)23(25,10-22)15-21-20-14(27-15)16(17,18)19/h3-7,12H,2,8-10H2,1H3. The van der Waals surface area contributed by atoms with E-state index in [1.165, 1.54) is 12.1 Å². The molecule has 1 aromatic heterocycles. The first-order valence-electron chi connectivity index (χ1n) is 8.22. The van der Waals surface area contributed by atoms with Gasteiger partial charge in [0, 0.05) is 6.54 Å². The number of rotatable bonds is 5. The number of ether oxygens (including phenoxy) is 1. The van der Waals surface area contributed by atoms with Crippen LogP contribution in [0.4, 0.5) is 18.3 Å². The number of nitrogens with zero attached hydrogens (tertiary/aromatic N) is 4. The van der Waals surface area contributed by atoms with Crippen LogP contribution in [-0.2, 0) is 10.9 Å². The first kappa shape index (κ1) is 19.7. The maximum Gasteiger partial charge on any atom is 0.445 e. The molecule has 0 amide bonds. The van der Waals surface area contributed by atoms with E-state index in [4.69, 9.17) is 4.74 Å². The Morgan fingerprint density at radius 2 is 2.07 bits per heavy atom. The van der Waals surface area contributed by atoms with Crippen LogP contribution in [0.15, 0.2) is 30.3 Å². The van der Waals surface area contributed by atoms with Gasteiger partial charge in [0.25, 0.3) is 6.23 Å². The summed E-state index contributed by atoms with van der Waals surface area (Å²) in [6.07, 6.45) is -5.17. The van der Waals surface area contributed by atoms with Crippen molar-refractivity contribution >= 4 is 22.4 Å². The monoisotopic (exact) mass is 402 g/mol. The summed E-state index contributed by atoms with van der Waals surface area (Å²) in [7, 11) is 0. The second kappa shape index (κ2) is 7.50. The Balaban J connectivity index is 1.87. The molecule has 2 atom stereocenters. The zero-order chi connectivity index (χ0) is 19.7. The summed E-state index contributed by atoms with van der Waals surface area (Å²) < 4.78 is 42.6. The minimum Gasteiger partial charge on any atom is -0.622 e. The highest BCUT2D eigenvalue weighted by Crippen LogP contribution is 2.39. The molecule has 1 aliphatic heterocycles. The molecule has 0 bridgehead atoms. The third-order valence-electron chi connectivity index (χ3n) is 4.06. The molecular formula is C16H17F3N4O3S. The van der Waals surface area contributed by atoms with Crippen LogP contribution in [0.5, 0.6) is 0 Å². The van der Waals surface area contributed by atoms with Crippen molar-refractivity contribution in [2.75, 3.05) is 19.8 Å². The number of benzene rings is 1. The van der Waals surface area contributed by atoms with Gasteiger partial charge in [0.1, 0.15) is 6.67 Å². The molecule has 0 aliphatic carbocycles. The number of alkyl halides is 3. The van der Waals surface area contributed by atoms with Gasteiger partial charge >= 0.3 is 17.3 Å². The van der Waals surface area contributed by atoms with Crippen LogP contribution >= 0.6 is 11.3 Å². The second-order valence-electron chi connectivity index (χ2n) is 6.13. The van der Waals surface area contributed by atoms with Crippen molar-refractivity contribution in [2.45, 2.75) is 25.7 Å². The van der Waals surface area contributed by atoms with Crippen LogP contribution < -0.4 is 4.65 Å². The number of carbonyl (C=O) groups excluding carboxylic acids is 1. The predicted molar refractivity (Wildman–Crippen MR) is 92.4 cm³/mol.